The Bertz CT molecular complexity index is 355. The number of alkyl halides is 3. The predicted octanol–water partition coefficient (Wildman–Crippen LogP) is 2.36. The maximum Gasteiger partial charge on any atom is 0.573 e. The van der Waals surface area contributed by atoms with E-state index in [-0.39, 0.29) is 5.75 Å². The molecule has 0 aliphatic rings. The summed E-state index contributed by atoms with van der Waals surface area (Å²) in [5, 5.41) is 3.11. The first-order valence-corrected chi connectivity index (χ1v) is 5.55. The Kier molecular flexibility index (Phi) is 5.94. The van der Waals surface area contributed by atoms with Gasteiger partial charge >= 0.3 is 6.36 Å². The lowest BCUT2D eigenvalue weighted by Gasteiger charge is -2.10. The highest BCUT2D eigenvalue weighted by Crippen LogP contribution is 2.23. The van der Waals surface area contributed by atoms with Crippen molar-refractivity contribution in [2.24, 2.45) is 0 Å². The molecule has 102 valence electrons. The van der Waals surface area contributed by atoms with Gasteiger partial charge in [-0.05, 0) is 30.7 Å². The Labute approximate surface area is 104 Å². The number of benzene rings is 1. The van der Waals surface area contributed by atoms with E-state index in [4.69, 9.17) is 4.74 Å². The van der Waals surface area contributed by atoms with Crippen LogP contribution < -0.4 is 10.1 Å². The van der Waals surface area contributed by atoms with Gasteiger partial charge in [-0.15, -0.1) is 13.2 Å². The molecule has 0 aliphatic carbocycles. The van der Waals surface area contributed by atoms with Gasteiger partial charge in [-0.1, -0.05) is 12.1 Å². The van der Waals surface area contributed by atoms with Crippen molar-refractivity contribution >= 4 is 0 Å². The van der Waals surface area contributed by atoms with E-state index in [1.54, 1.807) is 19.2 Å². The second kappa shape index (κ2) is 7.23. The number of halogens is 3. The van der Waals surface area contributed by atoms with Crippen LogP contribution in [-0.2, 0) is 11.2 Å². The SMILES string of the molecule is COCCNCCc1cccc(OC(F)(F)F)c1. The Morgan fingerprint density at radius 2 is 2.00 bits per heavy atom. The molecule has 0 fully saturated rings. The molecule has 1 N–H and O–H groups in total. The first-order chi connectivity index (χ1) is 8.51. The van der Waals surface area contributed by atoms with Crippen LogP contribution in [0.2, 0.25) is 0 Å². The minimum Gasteiger partial charge on any atom is -0.406 e. The summed E-state index contributed by atoms with van der Waals surface area (Å²) in [4.78, 5) is 0. The molecule has 1 rings (SSSR count). The van der Waals surface area contributed by atoms with Crippen LogP contribution in [0.1, 0.15) is 5.56 Å². The summed E-state index contributed by atoms with van der Waals surface area (Å²) in [6.45, 7) is 2.01. The zero-order valence-electron chi connectivity index (χ0n) is 10.1. The normalized spacial score (nSPS) is 11.6. The summed E-state index contributed by atoms with van der Waals surface area (Å²) in [6.07, 6.45) is -4.01. The third-order valence-electron chi connectivity index (χ3n) is 2.21. The first kappa shape index (κ1) is 14.8. The summed E-state index contributed by atoms with van der Waals surface area (Å²) in [6, 6.07) is 5.99. The third-order valence-corrected chi connectivity index (χ3v) is 2.21. The fourth-order valence-corrected chi connectivity index (χ4v) is 1.43. The van der Waals surface area contributed by atoms with Crippen LogP contribution >= 0.6 is 0 Å². The highest BCUT2D eigenvalue weighted by molar-refractivity contribution is 5.28. The minimum atomic E-state index is -4.64. The van der Waals surface area contributed by atoms with Crippen molar-refractivity contribution in [1.82, 2.24) is 5.32 Å². The smallest absolute Gasteiger partial charge is 0.406 e. The molecular formula is C12H16F3NO2. The molecule has 18 heavy (non-hydrogen) atoms. The maximum absolute atomic E-state index is 12.0. The number of hydrogen-bond donors (Lipinski definition) is 1. The largest absolute Gasteiger partial charge is 0.573 e. The molecule has 0 bridgehead atoms. The van der Waals surface area contributed by atoms with Crippen molar-refractivity contribution in [3.05, 3.63) is 29.8 Å². The summed E-state index contributed by atoms with van der Waals surface area (Å²) in [7, 11) is 1.61. The van der Waals surface area contributed by atoms with E-state index < -0.39 is 6.36 Å². The molecule has 1 aromatic rings. The average molecular weight is 263 g/mol. The minimum absolute atomic E-state index is 0.183. The van der Waals surface area contributed by atoms with Crippen LogP contribution in [0.25, 0.3) is 0 Å². The van der Waals surface area contributed by atoms with Gasteiger partial charge in [0.2, 0.25) is 0 Å². The van der Waals surface area contributed by atoms with Gasteiger partial charge in [0, 0.05) is 13.7 Å². The van der Waals surface area contributed by atoms with Gasteiger partial charge in [-0.3, -0.25) is 0 Å². The van der Waals surface area contributed by atoms with Crippen LogP contribution in [-0.4, -0.2) is 33.2 Å². The highest BCUT2D eigenvalue weighted by Gasteiger charge is 2.30. The maximum atomic E-state index is 12.0. The zero-order valence-corrected chi connectivity index (χ0v) is 10.1. The molecule has 1 aromatic carbocycles. The molecule has 0 spiro atoms. The van der Waals surface area contributed by atoms with E-state index in [0.717, 1.165) is 12.1 Å². The quantitative estimate of drug-likeness (QED) is 0.766. The lowest BCUT2D eigenvalue weighted by atomic mass is 10.1. The van der Waals surface area contributed by atoms with Crippen molar-refractivity contribution in [1.29, 1.82) is 0 Å². The summed E-state index contributed by atoms with van der Waals surface area (Å²) in [5.41, 5.74) is 0.793. The molecule has 0 saturated heterocycles. The molecule has 0 atom stereocenters. The molecule has 0 aromatic heterocycles. The lowest BCUT2D eigenvalue weighted by Crippen LogP contribution is -2.21. The third kappa shape index (κ3) is 6.46. The monoisotopic (exact) mass is 263 g/mol. The summed E-state index contributed by atoms with van der Waals surface area (Å²) >= 11 is 0. The van der Waals surface area contributed by atoms with Gasteiger partial charge in [-0.25, -0.2) is 0 Å². The van der Waals surface area contributed by atoms with Gasteiger partial charge in [0.1, 0.15) is 5.75 Å². The van der Waals surface area contributed by atoms with Gasteiger partial charge in [-0.2, -0.15) is 0 Å². The fraction of sp³-hybridized carbons (Fsp3) is 0.500. The van der Waals surface area contributed by atoms with Crippen LogP contribution in [0.3, 0.4) is 0 Å². The van der Waals surface area contributed by atoms with E-state index in [1.165, 1.54) is 12.1 Å². The molecule has 6 heteroatoms. The number of nitrogens with one attached hydrogen (secondary N) is 1. The molecular weight excluding hydrogens is 247 g/mol. The van der Waals surface area contributed by atoms with Crippen molar-refractivity contribution in [3.8, 4) is 5.75 Å². The molecule has 0 heterocycles. The standard InChI is InChI=1S/C12H16F3NO2/c1-17-8-7-16-6-5-10-3-2-4-11(9-10)18-12(13,14)15/h2-4,9,16H,5-8H2,1H3. The van der Waals surface area contributed by atoms with E-state index >= 15 is 0 Å². The van der Waals surface area contributed by atoms with Crippen LogP contribution in [0.15, 0.2) is 24.3 Å². The molecule has 0 amide bonds. The summed E-state index contributed by atoms with van der Waals surface area (Å²) in [5.74, 6) is -0.183. The van der Waals surface area contributed by atoms with E-state index in [1.807, 2.05) is 0 Å². The number of ether oxygens (including phenoxy) is 2. The van der Waals surface area contributed by atoms with Gasteiger partial charge in [0.15, 0.2) is 0 Å². The molecule has 0 aliphatic heterocycles. The van der Waals surface area contributed by atoms with Crippen molar-refractivity contribution in [2.45, 2.75) is 12.8 Å². The van der Waals surface area contributed by atoms with Crippen molar-refractivity contribution < 1.29 is 22.6 Å². The summed E-state index contributed by atoms with van der Waals surface area (Å²) < 4.78 is 44.8. The van der Waals surface area contributed by atoms with Gasteiger partial charge in [0.05, 0.1) is 6.61 Å². The van der Waals surface area contributed by atoms with Crippen LogP contribution in [0, 0.1) is 0 Å². The van der Waals surface area contributed by atoms with Crippen molar-refractivity contribution in [2.75, 3.05) is 26.8 Å². The van der Waals surface area contributed by atoms with Crippen LogP contribution in [0.5, 0.6) is 5.75 Å². The van der Waals surface area contributed by atoms with E-state index in [0.29, 0.717) is 19.6 Å². The number of hydrogen-bond acceptors (Lipinski definition) is 3. The van der Waals surface area contributed by atoms with E-state index in [2.05, 4.69) is 10.1 Å². The molecule has 3 nitrogen and oxygen atoms in total. The number of rotatable bonds is 7. The zero-order chi connectivity index (χ0) is 13.4. The Morgan fingerprint density at radius 1 is 1.22 bits per heavy atom. The Balaban J connectivity index is 2.40. The Hall–Kier alpha value is -1.27. The topological polar surface area (TPSA) is 30.5 Å². The van der Waals surface area contributed by atoms with E-state index in [9.17, 15) is 13.2 Å². The number of methoxy groups -OCH3 is 1. The molecule has 0 radical (unpaired) electrons. The highest BCUT2D eigenvalue weighted by atomic mass is 19.4. The fourth-order valence-electron chi connectivity index (χ4n) is 1.43. The lowest BCUT2D eigenvalue weighted by molar-refractivity contribution is -0.274. The van der Waals surface area contributed by atoms with Crippen LogP contribution in [0.4, 0.5) is 13.2 Å². The molecule has 0 unspecified atom stereocenters. The predicted molar refractivity (Wildman–Crippen MR) is 61.6 cm³/mol. The van der Waals surface area contributed by atoms with Gasteiger partial charge in [0.25, 0.3) is 0 Å². The second-order valence-electron chi connectivity index (χ2n) is 3.69. The second-order valence-corrected chi connectivity index (χ2v) is 3.69. The van der Waals surface area contributed by atoms with Gasteiger partial charge < -0.3 is 14.8 Å². The van der Waals surface area contributed by atoms with Crippen molar-refractivity contribution in [3.63, 3.8) is 0 Å². The first-order valence-electron chi connectivity index (χ1n) is 5.55. The molecule has 0 saturated carbocycles. The Morgan fingerprint density at radius 3 is 2.67 bits per heavy atom. The average Bonchev–Trinajstić information content (AvgIpc) is 2.27.